The molecule has 0 saturated heterocycles. The summed E-state index contributed by atoms with van der Waals surface area (Å²) in [6.07, 6.45) is 0.00386. The van der Waals surface area contributed by atoms with Crippen LogP contribution in [0.5, 0.6) is 5.75 Å². The van der Waals surface area contributed by atoms with Crippen LogP contribution in [0.1, 0.15) is 27.9 Å². The highest BCUT2D eigenvalue weighted by Crippen LogP contribution is 2.37. The molecule has 0 fully saturated rings. The third-order valence-electron chi connectivity index (χ3n) is 4.31. The normalized spacial score (nSPS) is 10.8. The Morgan fingerprint density at radius 1 is 1.11 bits per heavy atom. The third-order valence-corrected chi connectivity index (χ3v) is 5.36. The number of aliphatic carboxylic acids is 1. The molecule has 3 aromatic carbocycles. The highest BCUT2D eigenvalue weighted by Gasteiger charge is 2.18. The average molecular weight is 393 g/mol. The maximum atomic E-state index is 12.9. The minimum atomic E-state index is -0.884. The van der Waals surface area contributed by atoms with Crippen molar-refractivity contribution in [2.24, 2.45) is 0 Å². The molecule has 0 saturated carbocycles. The summed E-state index contributed by atoms with van der Waals surface area (Å²) in [5.74, 6) is -1.10. The number of rotatable bonds is 6. The molecule has 28 heavy (non-hydrogen) atoms. The molecule has 0 unspecified atom stereocenters. The number of carbonyl (C=O) groups excluding carboxylic acids is 1. The smallest absolute Gasteiger partial charge is 0.304 e. The van der Waals surface area contributed by atoms with Gasteiger partial charge in [-0.2, -0.15) is 0 Å². The van der Waals surface area contributed by atoms with Crippen LogP contribution in [0.4, 0.5) is 5.69 Å². The predicted octanol–water partition coefficient (Wildman–Crippen LogP) is 4.73. The molecule has 0 heterocycles. The van der Waals surface area contributed by atoms with Gasteiger partial charge in [-0.3, -0.25) is 9.59 Å². The molecule has 0 aliphatic rings. The van der Waals surface area contributed by atoms with E-state index in [2.05, 4.69) is 5.32 Å². The summed E-state index contributed by atoms with van der Waals surface area (Å²) >= 11 is 1.34. The average Bonchev–Trinajstić information content (AvgIpc) is 2.66. The van der Waals surface area contributed by atoms with Crippen LogP contribution >= 0.6 is 11.8 Å². The molecular formula is C22H19NO4S. The zero-order chi connectivity index (χ0) is 20.3. The summed E-state index contributed by atoms with van der Waals surface area (Å²) in [7, 11) is 0. The second-order valence-corrected chi connectivity index (χ2v) is 7.47. The lowest BCUT2D eigenvalue weighted by Crippen LogP contribution is -2.13. The number of carboxylic acids is 1. The molecule has 0 atom stereocenters. The molecule has 0 bridgehead atoms. The molecule has 5 nitrogen and oxygen atoms in total. The van der Waals surface area contributed by atoms with Crippen LogP contribution in [0.25, 0.3) is 10.8 Å². The molecule has 3 aromatic rings. The lowest BCUT2D eigenvalue weighted by Gasteiger charge is -2.14. The van der Waals surface area contributed by atoms with Gasteiger partial charge in [0.1, 0.15) is 5.75 Å². The van der Waals surface area contributed by atoms with E-state index in [0.717, 1.165) is 15.8 Å². The lowest BCUT2D eigenvalue weighted by molar-refractivity contribution is -0.136. The summed E-state index contributed by atoms with van der Waals surface area (Å²) in [6.45, 7) is 7.65. The fourth-order valence-corrected chi connectivity index (χ4v) is 3.86. The van der Waals surface area contributed by atoms with Crippen molar-refractivity contribution in [3.05, 3.63) is 72.1 Å². The number of hydrogen-bond acceptors (Lipinski definition) is 4. The number of carboxylic acid groups (broad SMARTS) is 1. The van der Waals surface area contributed by atoms with Crippen molar-refractivity contribution < 1.29 is 19.8 Å². The first-order chi connectivity index (χ1) is 13.4. The molecule has 6 heteroatoms. The Bertz CT molecular complexity index is 1060. The number of anilines is 1. The van der Waals surface area contributed by atoms with E-state index in [9.17, 15) is 14.7 Å². The van der Waals surface area contributed by atoms with E-state index < -0.39 is 11.9 Å². The van der Waals surface area contributed by atoms with Crippen LogP contribution in [0.2, 0.25) is 0 Å². The number of thioether (sulfide) groups is 1. The molecule has 0 aliphatic heterocycles. The maximum Gasteiger partial charge on any atom is 0.304 e. The van der Waals surface area contributed by atoms with Gasteiger partial charge in [0.2, 0.25) is 0 Å². The van der Waals surface area contributed by atoms with Crippen LogP contribution < -0.4 is 5.32 Å². The van der Waals surface area contributed by atoms with Crippen LogP contribution in [0.3, 0.4) is 0 Å². The Hall–Kier alpha value is -2.99. The van der Waals surface area contributed by atoms with E-state index in [1.54, 1.807) is 36.4 Å². The van der Waals surface area contributed by atoms with Gasteiger partial charge in [0, 0.05) is 21.7 Å². The standard InChI is InChI=1S/C22H19NO4S/c1-13-7-8-14(2)18(11-13)23-22(27)17-12-19(28-10-9-20(24)25)15-5-3-4-6-16(15)21(17)26/h1,3-8,11-12,26H,9-10H2,2H3,(H,23,27)(H,24,25). The highest BCUT2D eigenvalue weighted by molar-refractivity contribution is 7.99. The summed E-state index contributed by atoms with van der Waals surface area (Å²) in [5.41, 5.74) is 2.06. The van der Waals surface area contributed by atoms with Crippen molar-refractivity contribution in [1.29, 1.82) is 0 Å². The van der Waals surface area contributed by atoms with Gasteiger partial charge >= 0.3 is 5.97 Å². The fourth-order valence-electron chi connectivity index (χ4n) is 2.83. The van der Waals surface area contributed by atoms with E-state index >= 15 is 0 Å². The minimum absolute atomic E-state index is 0.00386. The van der Waals surface area contributed by atoms with Crippen molar-refractivity contribution in [2.45, 2.75) is 18.2 Å². The first kappa shape index (κ1) is 19.8. The molecule has 2 radical (unpaired) electrons. The van der Waals surface area contributed by atoms with Crippen molar-refractivity contribution >= 4 is 40.1 Å². The van der Waals surface area contributed by atoms with Crippen molar-refractivity contribution in [2.75, 3.05) is 11.1 Å². The number of aryl methyl sites for hydroxylation is 1. The van der Waals surface area contributed by atoms with Crippen molar-refractivity contribution in [3.8, 4) is 5.75 Å². The Morgan fingerprint density at radius 2 is 1.82 bits per heavy atom. The molecule has 0 spiro atoms. The van der Waals surface area contributed by atoms with Crippen LogP contribution in [0.15, 0.2) is 53.4 Å². The topological polar surface area (TPSA) is 86.6 Å². The number of hydrogen-bond donors (Lipinski definition) is 3. The van der Waals surface area contributed by atoms with E-state index in [4.69, 9.17) is 12.0 Å². The van der Waals surface area contributed by atoms with Crippen LogP contribution in [0, 0.1) is 13.8 Å². The predicted molar refractivity (Wildman–Crippen MR) is 111 cm³/mol. The molecule has 0 aliphatic carbocycles. The Labute approximate surface area is 167 Å². The summed E-state index contributed by atoms with van der Waals surface area (Å²) in [4.78, 5) is 24.4. The van der Waals surface area contributed by atoms with Gasteiger partial charge in [-0.05, 0) is 42.5 Å². The first-order valence-corrected chi connectivity index (χ1v) is 9.62. The zero-order valence-electron chi connectivity index (χ0n) is 15.2. The Morgan fingerprint density at radius 3 is 2.54 bits per heavy atom. The van der Waals surface area contributed by atoms with E-state index in [-0.39, 0.29) is 17.7 Å². The number of nitrogens with one attached hydrogen (secondary N) is 1. The number of carbonyl (C=O) groups is 2. The third kappa shape index (κ3) is 4.28. The van der Waals surface area contributed by atoms with Gasteiger partial charge in [-0.1, -0.05) is 36.4 Å². The molecule has 3 N–H and O–H groups in total. The quantitative estimate of drug-likeness (QED) is 0.527. The molecule has 142 valence electrons. The summed E-state index contributed by atoms with van der Waals surface area (Å²) in [5, 5.41) is 23.6. The molecular weight excluding hydrogens is 374 g/mol. The second-order valence-electron chi connectivity index (χ2n) is 6.34. The largest absolute Gasteiger partial charge is 0.506 e. The summed E-state index contributed by atoms with van der Waals surface area (Å²) < 4.78 is 0. The summed E-state index contributed by atoms with van der Waals surface area (Å²) in [6, 6.07) is 14.0. The zero-order valence-corrected chi connectivity index (χ0v) is 16.0. The van der Waals surface area contributed by atoms with Crippen molar-refractivity contribution in [3.63, 3.8) is 0 Å². The number of fused-ring (bicyclic) bond motifs is 1. The van der Waals surface area contributed by atoms with Gasteiger partial charge in [0.05, 0.1) is 12.0 Å². The molecule has 0 aromatic heterocycles. The number of aromatic hydroxyl groups is 1. The van der Waals surface area contributed by atoms with Gasteiger partial charge in [0.15, 0.2) is 0 Å². The number of phenols is 1. The van der Waals surface area contributed by atoms with E-state index in [0.29, 0.717) is 22.4 Å². The monoisotopic (exact) mass is 393 g/mol. The molecule has 3 rings (SSSR count). The fraction of sp³-hybridized carbons (Fsp3) is 0.136. The Balaban J connectivity index is 1.99. The van der Waals surface area contributed by atoms with Crippen molar-refractivity contribution in [1.82, 2.24) is 0 Å². The van der Waals surface area contributed by atoms with Crippen LogP contribution in [-0.2, 0) is 4.79 Å². The maximum absolute atomic E-state index is 12.9. The highest BCUT2D eigenvalue weighted by atomic mass is 32.2. The number of phenolic OH excluding ortho intramolecular Hbond substituents is 1. The van der Waals surface area contributed by atoms with Crippen LogP contribution in [-0.4, -0.2) is 27.8 Å². The van der Waals surface area contributed by atoms with Gasteiger partial charge in [0.25, 0.3) is 5.91 Å². The first-order valence-electron chi connectivity index (χ1n) is 8.63. The lowest BCUT2D eigenvalue weighted by atomic mass is 10.0. The second kappa shape index (κ2) is 8.35. The van der Waals surface area contributed by atoms with E-state index in [1.165, 1.54) is 11.8 Å². The molecule has 1 amide bonds. The van der Waals surface area contributed by atoms with Gasteiger partial charge < -0.3 is 15.5 Å². The van der Waals surface area contributed by atoms with Gasteiger partial charge in [-0.25, -0.2) is 0 Å². The minimum Gasteiger partial charge on any atom is -0.506 e. The Kier molecular flexibility index (Phi) is 5.90. The van der Waals surface area contributed by atoms with Gasteiger partial charge in [-0.15, -0.1) is 11.8 Å². The van der Waals surface area contributed by atoms with E-state index in [1.807, 2.05) is 19.1 Å². The SMILES string of the molecule is [CH]c1ccc(C)c(NC(=O)c2cc(SCCC(=O)O)c3ccccc3c2O)c1. The number of amides is 1. The number of benzene rings is 3.